The van der Waals surface area contributed by atoms with Crippen LogP contribution in [-0.2, 0) is 33.7 Å². The first-order chi connectivity index (χ1) is 10.6. The third-order valence-electron chi connectivity index (χ3n) is 3.43. The number of hydrogen-bond acceptors (Lipinski definition) is 7. The first-order valence-electron chi connectivity index (χ1n) is 6.56. The van der Waals surface area contributed by atoms with Gasteiger partial charge in [-0.2, -0.15) is 0 Å². The van der Waals surface area contributed by atoms with E-state index in [9.17, 15) is 14.4 Å². The Labute approximate surface area is 134 Å². The lowest BCUT2D eigenvalue weighted by molar-refractivity contribution is -0.129. The number of rotatable bonds is 4. The molecule has 1 aliphatic carbocycles. The van der Waals surface area contributed by atoms with Crippen LogP contribution in [0, 0.1) is 0 Å². The van der Waals surface area contributed by atoms with Gasteiger partial charge in [-0.15, -0.1) is 22.7 Å². The number of ketones is 1. The molecule has 0 aliphatic heterocycles. The van der Waals surface area contributed by atoms with Crippen molar-refractivity contribution in [3.05, 3.63) is 42.8 Å². The predicted octanol–water partition coefficient (Wildman–Crippen LogP) is 2.60. The summed E-state index contributed by atoms with van der Waals surface area (Å²) in [6, 6.07) is 3.66. The molecule has 22 heavy (non-hydrogen) atoms. The summed E-state index contributed by atoms with van der Waals surface area (Å²) in [5.74, 6) is -0.484. The van der Waals surface area contributed by atoms with Crippen molar-refractivity contribution in [1.82, 2.24) is 0 Å². The Morgan fingerprint density at radius 2 is 1.91 bits per heavy atom. The van der Waals surface area contributed by atoms with Crippen molar-refractivity contribution < 1.29 is 23.9 Å². The molecule has 0 fully saturated rings. The standard InChI is InChI=1S/C15H12O5S2/c1-19-15(18)11-5-9-3-2-8-4-10(6-20-7-16)21-13(8)12(17)14(9)22-11/h4-5,7H,2-3,6H2,1H3. The number of aryl methyl sites for hydroxylation is 2. The predicted molar refractivity (Wildman–Crippen MR) is 81.7 cm³/mol. The molecule has 0 atom stereocenters. The molecule has 2 heterocycles. The molecule has 0 spiro atoms. The van der Waals surface area contributed by atoms with Crippen molar-refractivity contribution in [3.63, 3.8) is 0 Å². The van der Waals surface area contributed by atoms with Crippen molar-refractivity contribution >= 4 is 40.9 Å². The fourth-order valence-electron chi connectivity index (χ4n) is 2.43. The number of carbonyl (C=O) groups excluding carboxylic acids is 3. The van der Waals surface area contributed by atoms with Crippen LogP contribution in [0.5, 0.6) is 0 Å². The lowest BCUT2D eigenvalue weighted by Crippen LogP contribution is -1.98. The van der Waals surface area contributed by atoms with E-state index >= 15 is 0 Å². The number of esters is 1. The summed E-state index contributed by atoms with van der Waals surface area (Å²) in [7, 11) is 1.33. The minimum atomic E-state index is -0.419. The highest BCUT2D eigenvalue weighted by Gasteiger charge is 2.27. The van der Waals surface area contributed by atoms with Crippen LogP contribution in [0.2, 0.25) is 0 Å². The van der Waals surface area contributed by atoms with E-state index in [0.717, 1.165) is 22.4 Å². The quantitative estimate of drug-likeness (QED) is 0.634. The van der Waals surface area contributed by atoms with E-state index in [1.165, 1.54) is 29.8 Å². The highest BCUT2D eigenvalue weighted by atomic mass is 32.1. The monoisotopic (exact) mass is 336 g/mol. The van der Waals surface area contributed by atoms with Crippen molar-refractivity contribution in [3.8, 4) is 0 Å². The Bertz CT molecular complexity index is 756. The van der Waals surface area contributed by atoms with Gasteiger partial charge in [-0.05, 0) is 36.1 Å². The first-order valence-corrected chi connectivity index (χ1v) is 8.20. The van der Waals surface area contributed by atoms with E-state index in [-0.39, 0.29) is 12.4 Å². The molecule has 114 valence electrons. The molecular weight excluding hydrogens is 324 g/mol. The Balaban J connectivity index is 1.96. The first kappa shape index (κ1) is 14.9. The van der Waals surface area contributed by atoms with Crippen molar-refractivity contribution in [2.24, 2.45) is 0 Å². The highest BCUT2D eigenvalue weighted by molar-refractivity contribution is 7.18. The van der Waals surface area contributed by atoms with Crippen LogP contribution in [0.3, 0.4) is 0 Å². The molecule has 1 aliphatic rings. The van der Waals surface area contributed by atoms with Gasteiger partial charge in [0.2, 0.25) is 5.78 Å². The zero-order valence-corrected chi connectivity index (χ0v) is 13.3. The fourth-order valence-corrected chi connectivity index (χ4v) is 4.65. The second-order valence-electron chi connectivity index (χ2n) is 4.76. The van der Waals surface area contributed by atoms with Crippen LogP contribution in [0.15, 0.2) is 12.1 Å². The molecule has 0 bridgehead atoms. The van der Waals surface area contributed by atoms with Gasteiger partial charge in [-0.1, -0.05) is 0 Å². The number of thiophene rings is 2. The molecule has 3 rings (SSSR count). The van der Waals surface area contributed by atoms with E-state index in [2.05, 4.69) is 0 Å². The molecule has 0 radical (unpaired) electrons. The molecule has 0 aromatic carbocycles. The van der Waals surface area contributed by atoms with Gasteiger partial charge < -0.3 is 9.47 Å². The molecule has 0 unspecified atom stereocenters. The number of methoxy groups -OCH3 is 1. The lowest BCUT2D eigenvalue weighted by Gasteiger charge is -1.96. The third-order valence-corrected chi connectivity index (χ3v) is 5.73. The van der Waals surface area contributed by atoms with Crippen LogP contribution >= 0.6 is 22.7 Å². The van der Waals surface area contributed by atoms with Gasteiger partial charge >= 0.3 is 5.97 Å². The lowest BCUT2D eigenvalue weighted by atomic mass is 10.1. The Kier molecular flexibility index (Phi) is 4.08. The maximum absolute atomic E-state index is 12.7. The van der Waals surface area contributed by atoms with E-state index in [1.54, 1.807) is 6.07 Å². The van der Waals surface area contributed by atoms with Gasteiger partial charge in [-0.3, -0.25) is 9.59 Å². The summed E-state index contributed by atoms with van der Waals surface area (Å²) in [6.45, 7) is 0.575. The van der Waals surface area contributed by atoms with Gasteiger partial charge in [0.05, 0.1) is 16.9 Å². The Morgan fingerprint density at radius 3 is 2.59 bits per heavy atom. The summed E-state index contributed by atoms with van der Waals surface area (Å²) in [5.41, 5.74) is 1.87. The number of ether oxygens (including phenoxy) is 2. The Hall–Kier alpha value is -1.99. The molecule has 7 heteroatoms. The summed E-state index contributed by atoms with van der Waals surface area (Å²) >= 11 is 2.52. The molecule has 0 saturated heterocycles. The maximum Gasteiger partial charge on any atom is 0.348 e. The summed E-state index contributed by atoms with van der Waals surface area (Å²) in [5, 5.41) is 0. The van der Waals surface area contributed by atoms with Crippen LogP contribution in [0.1, 0.15) is 40.2 Å². The smallest absolute Gasteiger partial charge is 0.348 e. The van der Waals surface area contributed by atoms with Crippen LogP contribution < -0.4 is 0 Å². The van der Waals surface area contributed by atoms with Gasteiger partial charge in [0.25, 0.3) is 6.47 Å². The average molecular weight is 336 g/mol. The zero-order chi connectivity index (χ0) is 15.7. The van der Waals surface area contributed by atoms with E-state index in [0.29, 0.717) is 27.5 Å². The minimum absolute atomic E-state index is 0.0648. The third kappa shape index (κ3) is 2.57. The minimum Gasteiger partial charge on any atom is -0.465 e. The summed E-state index contributed by atoms with van der Waals surface area (Å²) < 4.78 is 9.45. The largest absolute Gasteiger partial charge is 0.465 e. The van der Waals surface area contributed by atoms with Crippen LogP contribution in [0.25, 0.3) is 0 Å². The molecule has 2 aromatic heterocycles. The van der Waals surface area contributed by atoms with Gasteiger partial charge in [0, 0.05) is 4.88 Å². The fraction of sp³-hybridized carbons (Fsp3) is 0.267. The van der Waals surface area contributed by atoms with Crippen molar-refractivity contribution in [2.45, 2.75) is 19.4 Å². The number of carbonyl (C=O) groups is 3. The molecule has 0 amide bonds. The summed E-state index contributed by atoms with van der Waals surface area (Å²) in [4.78, 5) is 37.2. The van der Waals surface area contributed by atoms with Crippen molar-refractivity contribution in [2.75, 3.05) is 7.11 Å². The second-order valence-corrected chi connectivity index (χ2v) is 6.95. The average Bonchev–Trinajstić information content (AvgIpc) is 3.11. The zero-order valence-electron chi connectivity index (χ0n) is 11.7. The highest BCUT2D eigenvalue weighted by Crippen LogP contribution is 2.35. The van der Waals surface area contributed by atoms with E-state index in [4.69, 9.17) is 9.47 Å². The normalized spacial score (nSPS) is 13.0. The van der Waals surface area contributed by atoms with Gasteiger partial charge in [-0.25, -0.2) is 4.79 Å². The number of hydrogen-bond donors (Lipinski definition) is 0. The Morgan fingerprint density at radius 1 is 1.23 bits per heavy atom. The SMILES string of the molecule is COC(=O)c1cc2c(s1)C(=O)c1sc(COC=O)cc1CC2. The molecule has 5 nitrogen and oxygen atoms in total. The van der Waals surface area contributed by atoms with E-state index in [1.807, 2.05) is 6.07 Å². The second kappa shape index (κ2) is 6.02. The molecular formula is C15H12O5S2. The van der Waals surface area contributed by atoms with Crippen LogP contribution in [-0.4, -0.2) is 25.3 Å². The molecule has 0 saturated carbocycles. The number of fused-ring (bicyclic) bond motifs is 2. The van der Waals surface area contributed by atoms with Gasteiger partial charge in [0.15, 0.2) is 0 Å². The van der Waals surface area contributed by atoms with Crippen LogP contribution in [0.4, 0.5) is 0 Å². The van der Waals surface area contributed by atoms with Gasteiger partial charge in [0.1, 0.15) is 11.5 Å². The molecule has 0 N–H and O–H groups in total. The van der Waals surface area contributed by atoms with E-state index < -0.39 is 5.97 Å². The molecule has 2 aromatic rings. The topological polar surface area (TPSA) is 69.7 Å². The van der Waals surface area contributed by atoms with Crippen molar-refractivity contribution in [1.29, 1.82) is 0 Å². The maximum atomic E-state index is 12.7. The summed E-state index contributed by atoms with van der Waals surface area (Å²) in [6.07, 6.45) is 1.43.